The Hall–Kier alpha value is -0.270. The van der Waals surface area contributed by atoms with E-state index in [0.29, 0.717) is 18.1 Å². The SMILES string of the molecule is CCSC1CCC(NS(=O)(=O)C2CCCC2C(=O)OC)C1. The van der Waals surface area contributed by atoms with Crippen LogP contribution in [0.5, 0.6) is 0 Å². The molecule has 2 rings (SSSR count). The maximum Gasteiger partial charge on any atom is 0.310 e. The number of esters is 1. The Morgan fingerprint density at radius 1 is 1.29 bits per heavy atom. The van der Waals surface area contributed by atoms with Crippen molar-refractivity contribution in [2.45, 2.75) is 62.0 Å². The lowest BCUT2D eigenvalue weighted by molar-refractivity contribution is -0.145. The lowest BCUT2D eigenvalue weighted by atomic mass is 10.1. The van der Waals surface area contributed by atoms with E-state index in [9.17, 15) is 13.2 Å². The number of carbonyl (C=O) groups excluding carboxylic acids is 1. The van der Waals surface area contributed by atoms with E-state index in [0.717, 1.165) is 31.4 Å². The summed E-state index contributed by atoms with van der Waals surface area (Å²) in [5.74, 6) is 0.167. The lowest BCUT2D eigenvalue weighted by Crippen LogP contribution is -2.43. The average Bonchev–Trinajstić information content (AvgIpc) is 3.07. The van der Waals surface area contributed by atoms with Gasteiger partial charge < -0.3 is 4.74 Å². The molecular formula is C14H25NO4S2. The second kappa shape index (κ2) is 7.33. The normalized spacial score (nSPS) is 33.2. The number of hydrogen-bond acceptors (Lipinski definition) is 5. The van der Waals surface area contributed by atoms with Crippen LogP contribution in [0.25, 0.3) is 0 Å². The van der Waals surface area contributed by atoms with E-state index in [1.165, 1.54) is 7.11 Å². The van der Waals surface area contributed by atoms with Crippen molar-refractivity contribution >= 4 is 27.8 Å². The van der Waals surface area contributed by atoms with Crippen LogP contribution in [0, 0.1) is 5.92 Å². The van der Waals surface area contributed by atoms with Crippen molar-refractivity contribution in [1.82, 2.24) is 4.72 Å². The van der Waals surface area contributed by atoms with Crippen molar-refractivity contribution in [2.75, 3.05) is 12.9 Å². The van der Waals surface area contributed by atoms with Gasteiger partial charge in [-0.1, -0.05) is 13.3 Å². The monoisotopic (exact) mass is 335 g/mol. The third-order valence-electron chi connectivity index (χ3n) is 4.47. The molecule has 122 valence electrons. The van der Waals surface area contributed by atoms with E-state index in [-0.39, 0.29) is 6.04 Å². The third-order valence-corrected chi connectivity index (χ3v) is 7.73. The Kier molecular flexibility index (Phi) is 5.96. The highest BCUT2D eigenvalue weighted by atomic mass is 32.2. The highest BCUT2D eigenvalue weighted by Crippen LogP contribution is 2.34. The van der Waals surface area contributed by atoms with Crippen LogP contribution in [-0.4, -0.2) is 43.8 Å². The fraction of sp³-hybridized carbons (Fsp3) is 0.929. The zero-order valence-corrected chi connectivity index (χ0v) is 14.3. The van der Waals surface area contributed by atoms with Crippen molar-refractivity contribution in [3.63, 3.8) is 0 Å². The van der Waals surface area contributed by atoms with Crippen LogP contribution in [0.15, 0.2) is 0 Å². The molecular weight excluding hydrogens is 310 g/mol. The van der Waals surface area contributed by atoms with Crippen molar-refractivity contribution in [3.8, 4) is 0 Å². The summed E-state index contributed by atoms with van der Waals surface area (Å²) < 4.78 is 32.7. The molecule has 0 aromatic carbocycles. The smallest absolute Gasteiger partial charge is 0.310 e. The van der Waals surface area contributed by atoms with Gasteiger partial charge in [0.15, 0.2) is 0 Å². The van der Waals surface area contributed by atoms with E-state index in [1.54, 1.807) is 0 Å². The first-order valence-corrected chi connectivity index (χ1v) is 10.3. The summed E-state index contributed by atoms with van der Waals surface area (Å²) in [5, 5.41) is -0.0643. The van der Waals surface area contributed by atoms with Gasteiger partial charge in [-0.3, -0.25) is 4.79 Å². The quantitative estimate of drug-likeness (QED) is 0.751. The molecule has 0 aliphatic heterocycles. The van der Waals surface area contributed by atoms with Crippen LogP contribution < -0.4 is 4.72 Å². The Morgan fingerprint density at radius 3 is 2.71 bits per heavy atom. The predicted octanol–water partition coefficient (Wildman–Crippen LogP) is 1.92. The first kappa shape index (κ1) is 17.1. The molecule has 2 aliphatic rings. The zero-order chi connectivity index (χ0) is 15.5. The summed E-state index contributed by atoms with van der Waals surface area (Å²) in [4.78, 5) is 11.7. The topological polar surface area (TPSA) is 72.5 Å². The van der Waals surface area contributed by atoms with Gasteiger partial charge in [-0.05, 0) is 37.9 Å². The molecule has 4 unspecified atom stereocenters. The first-order valence-electron chi connectivity index (χ1n) is 7.68. The minimum Gasteiger partial charge on any atom is -0.469 e. The molecule has 7 heteroatoms. The zero-order valence-electron chi connectivity index (χ0n) is 12.7. The van der Waals surface area contributed by atoms with Gasteiger partial charge in [0, 0.05) is 11.3 Å². The molecule has 0 aromatic heterocycles. The molecule has 0 bridgehead atoms. The number of thioether (sulfide) groups is 1. The maximum atomic E-state index is 12.6. The summed E-state index contributed by atoms with van der Waals surface area (Å²) in [7, 11) is -2.13. The van der Waals surface area contributed by atoms with Gasteiger partial charge >= 0.3 is 5.97 Å². The minimum absolute atomic E-state index is 0.0259. The van der Waals surface area contributed by atoms with Gasteiger partial charge in [-0.25, -0.2) is 13.1 Å². The Morgan fingerprint density at radius 2 is 2.05 bits per heavy atom. The van der Waals surface area contributed by atoms with Crippen LogP contribution in [-0.2, 0) is 19.6 Å². The number of nitrogens with one attached hydrogen (secondary N) is 1. The molecule has 0 aromatic rings. The standard InChI is InChI=1S/C14H25NO4S2/c1-3-20-11-8-7-10(9-11)15-21(17,18)13-6-4-5-12(13)14(16)19-2/h10-13,15H,3-9H2,1-2H3. The van der Waals surface area contributed by atoms with Gasteiger partial charge in [-0.2, -0.15) is 11.8 Å². The van der Waals surface area contributed by atoms with E-state index in [4.69, 9.17) is 4.74 Å². The highest BCUT2D eigenvalue weighted by molar-refractivity contribution is 7.99. The minimum atomic E-state index is -3.45. The van der Waals surface area contributed by atoms with E-state index >= 15 is 0 Å². The van der Waals surface area contributed by atoms with Crippen molar-refractivity contribution < 1.29 is 17.9 Å². The maximum absolute atomic E-state index is 12.6. The number of rotatable bonds is 6. The third kappa shape index (κ3) is 4.13. The predicted molar refractivity (Wildman–Crippen MR) is 84.8 cm³/mol. The number of methoxy groups -OCH3 is 1. The summed E-state index contributed by atoms with van der Waals surface area (Å²) in [6, 6.07) is 0.0259. The molecule has 0 radical (unpaired) electrons. The van der Waals surface area contributed by atoms with Crippen LogP contribution in [0.2, 0.25) is 0 Å². The van der Waals surface area contributed by atoms with Gasteiger partial charge in [0.1, 0.15) is 0 Å². The summed E-state index contributed by atoms with van der Waals surface area (Å²) in [5.41, 5.74) is 0. The first-order chi connectivity index (χ1) is 9.97. The van der Waals surface area contributed by atoms with Gasteiger partial charge in [0.05, 0.1) is 18.3 Å². The molecule has 0 heterocycles. The summed E-state index contributed by atoms with van der Waals surface area (Å²) in [6.07, 6.45) is 4.78. The molecule has 5 nitrogen and oxygen atoms in total. The van der Waals surface area contributed by atoms with Crippen LogP contribution >= 0.6 is 11.8 Å². The Bertz CT molecular complexity index is 466. The average molecular weight is 335 g/mol. The van der Waals surface area contributed by atoms with Crippen LogP contribution in [0.4, 0.5) is 0 Å². The fourth-order valence-corrected chi connectivity index (χ4v) is 6.63. The molecule has 2 aliphatic carbocycles. The van der Waals surface area contributed by atoms with E-state index < -0.39 is 27.2 Å². The van der Waals surface area contributed by atoms with Crippen molar-refractivity contribution in [2.24, 2.45) is 5.92 Å². The second-order valence-electron chi connectivity index (χ2n) is 5.85. The summed E-state index contributed by atoms with van der Waals surface area (Å²) >= 11 is 1.90. The number of hydrogen-bond donors (Lipinski definition) is 1. The number of sulfonamides is 1. The molecule has 2 fully saturated rings. The van der Waals surface area contributed by atoms with Gasteiger partial charge in [-0.15, -0.1) is 0 Å². The molecule has 21 heavy (non-hydrogen) atoms. The number of carbonyl (C=O) groups is 1. The van der Waals surface area contributed by atoms with E-state index in [1.807, 2.05) is 11.8 Å². The molecule has 0 amide bonds. The lowest BCUT2D eigenvalue weighted by Gasteiger charge is -2.21. The summed E-state index contributed by atoms with van der Waals surface area (Å²) in [6.45, 7) is 2.13. The largest absolute Gasteiger partial charge is 0.469 e. The molecule has 0 spiro atoms. The van der Waals surface area contributed by atoms with Crippen LogP contribution in [0.1, 0.15) is 45.4 Å². The van der Waals surface area contributed by atoms with Crippen molar-refractivity contribution in [3.05, 3.63) is 0 Å². The van der Waals surface area contributed by atoms with Crippen LogP contribution in [0.3, 0.4) is 0 Å². The van der Waals surface area contributed by atoms with Crippen molar-refractivity contribution in [1.29, 1.82) is 0 Å². The fourth-order valence-electron chi connectivity index (χ4n) is 3.47. The number of ether oxygens (including phenoxy) is 1. The van der Waals surface area contributed by atoms with Gasteiger partial charge in [0.2, 0.25) is 10.0 Å². The molecule has 4 atom stereocenters. The molecule has 1 N–H and O–H groups in total. The second-order valence-corrected chi connectivity index (χ2v) is 9.36. The van der Waals surface area contributed by atoms with E-state index in [2.05, 4.69) is 11.6 Å². The Balaban J connectivity index is 1.97. The molecule has 0 saturated heterocycles. The molecule has 2 saturated carbocycles. The Labute approximate surface area is 131 Å². The highest BCUT2D eigenvalue weighted by Gasteiger charge is 2.43. The van der Waals surface area contributed by atoms with Gasteiger partial charge in [0.25, 0.3) is 0 Å².